The van der Waals surface area contributed by atoms with E-state index in [1.165, 1.54) is 36.1 Å². The average Bonchev–Trinajstić information content (AvgIpc) is 2.89. The molecular formula is C17H20BrNS. The molecule has 1 unspecified atom stereocenters. The topological polar surface area (TPSA) is 12.0 Å². The first kappa shape index (κ1) is 14.3. The van der Waals surface area contributed by atoms with Crippen LogP contribution in [0.1, 0.15) is 46.7 Å². The van der Waals surface area contributed by atoms with Crippen LogP contribution in [-0.2, 0) is 12.8 Å². The van der Waals surface area contributed by atoms with Crippen LogP contribution in [-0.4, -0.2) is 6.54 Å². The van der Waals surface area contributed by atoms with Crippen LogP contribution < -0.4 is 5.32 Å². The van der Waals surface area contributed by atoms with E-state index < -0.39 is 0 Å². The van der Waals surface area contributed by atoms with E-state index in [-0.39, 0.29) is 0 Å². The minimum Gasteiger partial charge on any atom is -0.306 e. The molecular weight excluding hydrogens is 330 g/mol. The summed E-state index contributed by atoms with van der Waals surface area (Å²) in [5, 5.41) is 3.64. The Balaban J connectivity index is 1.93. The lowest BCUT2D eigenvalue weighted by Gasteiger charge is -2.17. The fourth-order valence-corrected chi connectivity index (χ4v) is 4.52. The summed E-state index contributed by atoms with van der Waals surface area (Å²) in [5.74, 6) is 0. The predicted molar refractivity (Wildman–Crippen MR) is 90.6 cm³/mol. The van der Waals surface area contributed by atoms with E-state index in [9.17, 15) is 0 Å². The van der Waals surface area contributed by atoms with Gasteiger partial charge in [-0.1, -0.05) is 35.0 Å². The highest BCUT2D eigenvalue weighted by Gasteiger charge is 2.19. The standard InChI is InChI=1S/C17H20BrNS/c1-2-19-17(12-7-9-14(18)10-8-12)16-11-13-5-3-4-6-15(13)20-16/h7-11,17,19H,2-6H2,1H3. The Morgan fingerprint density at radius 1 is 1.20 bits per heavy atom. The molecule has 1 atom stereocenters. The molecule has 3 rings (SSSR count). The second kappa shape index (κ2) is 6.42. The summed E-state index contributed by atoms with van der Waals surface area (Å²) >= 11 is 5.53. The van der Waals surface area contributed by atoms with Gasteiger partial charge in [-0.2, -0.15) is 0 Å². The number of hydrogen-bond acceptors (Lipinski definition) is 2. The number of aryl methyl sites for hydroxylation is 2. The first-order valence-corrected chi connectivity index (χ1v) is 8.99. The molecule has 0 saturated heterocycles. The molecule has 1 aromatic carbocycles. The minimum atomic E-state index is 0.337. The van der Waals surface area contributed by atoms with Gasteiger partial charge < -0.3 is 5.32 Å². The Labute approximate surface area is 133 Å². The maximum Gasteiger partial charge on any atom is 0.0671 e. The monoisotopic (exact) mass is 349 g/mol. The maximum absolute atomic E-state index is 3.64. The normalized spacial score (nSPS) is 15.9. The Bertz CT molecular complexity index is 550. The molecule has 1 aliphatic carbocycles. The molecule has 1 aliphatic rings. The van der Waals surface area contributed by atoms with Crippen LogP contribution in [0.4, 0.5) is 0 Å². The van der Waals surface area contributed by atoms with Crippen molar-refractivity contribution in [2.75, 3.05) is 6.54 Å². The minimum absolute atomic E-state index is 0.337. The van der Waals surface area contributed by atoms with Crippen LogP contribution in [0.5, 0.6) is 0 Å². The summed E-state index contributed by atoms with van der Waals surface area (Å²) < 4.78 is 1.14. The molecule has 1 aromatic heterocycles. The SMILES string of the molecule is CCNC(c1ccc(Br)cc1)c1cc2c(s1)CCCC2. The molecule has 0 saturated carbocycles. The predicted octanol–water partition coefficient (Wildman–Crippen LogP) is 5.09. The highest BCUT2D eigenvalue weighted by atomic mass is 79.9. The summed E-state index contributed by atoms with van der Waals surface area (Å²) in [6.07, 6.45) is 5.26. The van der Waals surface area contributed by atoms with Crippen LogP contribution in [0.25, 0.3) is 0 Å². The number of nitrogens with one attached hydrogen (secondary N) is 1. The highest BCUT2D eigenvalue weighted by molar-refractivity contribution is 9.10. The molecule has 3 heteroatoms. The van der Waals surface area contributed by atoms with Crippen molar-refractivity contribution in [2.24, 2.45) is 0 Å². The van der Waals surface area contributed by atoms with Crippen LogP contribution in [0.2, 0.25) is 0 Å². The molecule has 0 radical (unpaired) electrons. The Kier molecular flexibility index (Phi) is 4.59. The van der Waals surface area contributed by atoms with Crippen LogP contribution in [0.3, 0.4) is 0 Å². The van der Waals surface area contributed by atoms with Gasteiger partial charge in [0.15, 0.2) is 0 Å². The lowest BCUT2D eigenvalue weighted by molar-refractivity contribution is 0.638. The van der Waals surface area contributed by atoms with Crippen molar-refractivity contribution in [3.05, 3.63) is 55.7 Å². The third kappa shape index (κ3) is 3.00. The van der Waals surface area contributed by atoms with E-state index >= 15 is 0 Å². The fourth-order valence-electron chi connectivity index (χ4n) is 2.90. The molecule has 2 aromatic rings. The first-order chi connectivity index (χ1) is 9.78. The smallest absolute Gasteiger partial charge is 0.0671 e. The first-order valence-electron chi connectivity index (χ1n) is 7.38. The molecule has 1 N–H and O–H groups in total. The van der Waals surface area contributed by atoms with Crippen molar-refractivity contribution >= 4 is 27.3 Å². The number of halogens is 1. The second-order valence-corrected chi connectivity index (χ2v) is 7.43. The third-order valence-electron chi connectivity index (χ3n) is 3.91. The zero-order valence-corrected chi connectivity index (χ0v) is 14.2. The van der Waals surface area contributed by atoms with Gasteiger partial charge in [-0.3, -0.25) is 0 Å². The average molecular weight is 350 g/mol. The van der Waals surface area contributed by atoms with Crippen molar-refractivity contribution in [3.63, 3.8) is 0 Å². The fraction of sp³-hybridized carbons (Fsp3) is 0.412. The van der Waals surface area contributed by atoms with Crippen molar-refractivity contribution in [1.29, 1.82) is 0 Å². The third-order valence-corrected chi connectivity index (χ3v) is 5.74. The van der Waals surface area contributed by atoms with Gasteiger partial charge in [0.05, 0.1) is 6.04 Å². The quantitative estimate of drug-likeness (QED) is 0.810. The zero-order valence-electron chi connectivity index (χ0n) is 11.8. The maximum atomic E-state index is 3.64. The second-order valence-electron chi connectivity index (χ2n) is 5.35. The molecule has 20 heavy (non-hydrogen) atoms. The van der Waals surface area contributed by atoms with E-state index in [0.29, 0.717) is 6.04 Å². The van der Waals surface area contributed by atoms with Crippen molar-refractivity contribution < 1.29 is 0 Å². The van der Waals surface area contributed by atoms with E-state index in [4.69, 9.17) is 0 Å². The van der Waals surface area contributed by atoms with Gasteiger partial charge in [0.2, 0.25) is 0 Å². The number of benzene rings is 1. The molecule has 1 nitrogen and oxygen atoms in total. The van der Waals surface area contributed by atoms with Crippen molar-refractivity contribution in [2.45, 2.75) is 38.6 Å². The zero-order chi connectivity index (χ0) is 13.9. The molecule has 0 amide bonds. The van der Waals surface area contributed by atoms with E-state index in [1.807, 2.05) is 11.3 Å². The van der Waals surface area contributed by atoms with Gasteiger partial charge in [0, 0.05) is 14.2 Å². The van der Waals surface area contributed by atoms with Crippen molar-refractivity contribution in [3.8, 4) is 0 Å². The van der Waals surface area contributed by atoms with Crippen LogP contribution in [0.15, 0.2) is 34.8 Å². The molecule has 106 valence electrons. The summed E-state index contributed by atoms with van der Waals surface area (Å²) in [6, 6.07) is 11.5. The molecule has 0 spiro atoms. The van der Waals surface area contributed by atoms with E-state index in [1.54, 1.807) is 10.4 Å². The summed E-state index contributed by atoms with van der Waals surface area (Å²) in [7, 11) is 0. The van der Waals surface area contributed by atoms with Crippen molar-refractivity contribution in [1.82, 2.24) is 5.32 Å². The van der Waals surface area contributed by atoms with Gasteiger partial charge in [0.1, 0.15) is 0 Å². The van der Waals surface area contributed by atoms with Gasteiger partial charge >= 0.3 is 0 Å². The van der Waals surface area contributed by atoms with E-state index in [0.717, 1.165) is 11.0 Å². The van der Waals surface area contributed by atoms with Gasteiger partial charge in [0.25, 0.3) is 0 Å². The largest absolute Gasteiger partial charge is 0.306 e. The molecule has 1 heterocycles. The number of fused-ring (bicyclic) bond motifs is 1. The Hall–Kier alpha value is -0.640. The van der Waals surface area contributed by atoms with Crippen LogP contribution >= 0.6 is 27.3 Å². The number of rotatable bonds is 4. The Morgan fingerprint density at radius 2 is 1.95 bits per heavy atom. The summed E-state index contributed by atoms with van der Waals surface area (Å²) in [5.41, 5.74) is 2.95. The number of thiophene rings is 1. The van der Waals surface area contributed by atoms with Crippen LogP contribution in [0, 0.1) is 0 Å². The molecule has 0 bridgehead atoms. The van der Waals surface area contributed by atoms with Gasteiger partial charge in [-0.15, -0.1) is 11.3 Å². The highest BCUT2D eigenvalue weighted by Crippen LogP contribution is 2.35. The molecule has 0 aliphatic heterocycles. The lowest BCUT2D eigenvalue weighted by Crippen LogP contribution is -2.21. The van der Waals surface area contributed by atoms with Gasteiger partial charge in [-0.05, 0) is 61.6 Å². The number of hydrogen-bond donors (Lipinski definition) is 1. The summed E-state index contributed by atoms with van der Waals surface area (Å²) in [6.45, 7) is 3.17. The summed E-state index contributed by atoms with van der Waals surface area (Å²) in [4.78, 5) is 3.09. The Morgan fingerprint density at radius 3 is 2.65 bits per heavy atom. The van der Waals surface area contributed by atoms with Gasteiger partial charge in [-0.25, -0.2) is 0 Å². The molecule has 0 fully saturated rings. The van der Waals surface area contributed by atoms with E-state index in [2.05, 4.69) is 58.5 Å². The lowest BCUT2D eigenvalue weighted by atomic mass is 9.98.